The molecule has 2 amide bonds. The number of hydrogen-bond acceptors (Lipinski definition) is 7. The van der Waals surface area contributed by atoms with E-state index in [1.807, 2.05) is 35.2 Å². The van der Waals surface area contributed by atoms with E-state index in [0.29, 0.717) is 52.8 Å². The van der Waals surface area contributed by atoms with E-state index in [-0.39, 0.29) is 29.1 Å². The maximum atomic E-state index is 15.3. The normalized spacial score (nSPS) is 15.5. The lowest BCUT2D eigenvalue weighted by atomic mass is 10.0. The Balaban J connectivity index is 1.14. The number of hydrogen-bond donors (Lipinski definition) is 2. The molecule has 2 N–H and O–H groups in total. The molecule has 46 heavy (non-hydrogen) atoms. The molecule has 9 nitrogen and oxygen atoms in total. The Labute approximate surface area is 272 Å². The summed E-state index contributed by atoms with van der Waals surface area (Å²) in [5, 5.41) is 6.06. The van der Waals surface area contributed by atoms with Crippen molar-refractivity contribution in [1.82, 2.24) is 20.1 Å². The molecule has 0 spiro atoms. The smallest absolute Gasteiger partial charge is 0.257 e. The standard InChI is InChI=1S/C35H36FN5O4S/c1-44-32-22-29-26(21-27(32)34(43)41-17-12-25(13-18-41)40-15-5-6-16-40)30(11-14-37-29)45-31-10-9-24(20-28(31)36)38-35(46)39-33(42)19-23-7-3-2-4-8-23/h2-4,7-11,14,20-22,25H,5-6,12-13,15-19H2,1H3,(H2,38,39,42,46). The highest BCUT2D eigenvalue weighted by Crippen LogP contribution is 2.35. The minimum absolute atomic E-state index is 0.0234. The summed E-state index contributed by atoms with van der Waals surface area (Å²) >= 11 is 5.25. The summed E-state index contributed by atoms with van der Waals surface area (Å²) in [6.07, 6.45) is 6.13. The zero-order valence-electron chi connectivity index (χ0n) is 25.6. The summed E-state index contributed by atoms with van der Waals surface area (Å²) in [6.45, 7) is 3.66. The average molecular weight is 642 g/mol. The second kappa shape index (κ2) is 14.2. The van der Waals surface area contributed by atoms with Gasteiger partial charge in [-0.2, -0.15) is 0 Å². The van der Waals surface area contributed by atoms with Crippen LogP contribution in [0.5, 0.6) is 17.2 Å². The molecule has 2 aliphatic heterocycles. The molecule has 2 saturated heterocycles. The number of anilines is 1. The summed E-state index contributed by atoms with van der Waals surface area (Å²) in [5.41, 5.74) is 2.16. The number of amides is 2. The number of nitrogens with zero attached hydrogens (tertiary/aromatic N) is 3. The maximum Gasteiger partial charge on any atom is 0.257 e. The van der Waals surface area contributed by atoms with Crippen molar-refractivity contribution in [3.05, 3.63) is 89.9 Å². The van der Waals surface area contributed by atoms with Crippen molar-refractivity contribution in [2.45, 2.75) is 38.1 Å². The van der Waals surface area contributed by atoms with E-state index in [1.54, 1.807) is 30.5 Å². The molecule has 0 aliphatic carbocycles. The number of pyridine rings is 1. The average Bonchev–Trinajstić information content (AvgIpc) is 3.61. The van der Waals surface area contributed by atoms with Gasteiger partial charge in [-0.25, -0.2) is 4.39 Å². The molecule has 6 rings (SSSR count). The Morgan fingerprint density at radius 1 is 0.957 bits per heavy atom. The summed E-state index contributed by atoms with van der Waals surface area (Å²) < 4.78 is 26.9. The quantitative estimate of drug-likeness (QED) is 0.229. The first kappa shape index (κ1) is 31.4. The third-order valence-corrected chi connectivity index (χ3v) is 8.74. The minimum Gasteiger partial charge on any atom is -0.496 e. The van der Waals surface area contributed by atoms with Gasteiger partial charge in [-0.1, -0.05) is 30.3 Å². The molecule has 4 aromatic rings. The van der Waals surface area contributed by atoms with Crippen LogP contribution in [0.2, 0.25) is 0 Å². The Morgan fingerprint density at radius 3 is 2.43 bits per heavy atom. The van der Waals surface area contributed by atoms with Gasteiger partial charge in [0.15, 0.2) is 16.7 Å². The summed E-state index contributed by atoms with van der Waals surface area (Å²) in [6, 6.07) is 19.2. The van der Waals surface area contributed by atoms with Gasteiger partial charge in [0.2, 0.25) is 5.91 Å². The van der Waals surface area contributed by atoms with Gasteiger partial charge in [0.1, 0.15) is 11.5 Å². The molecule has 2 fully saturated rings. The van der Waals surface area contributed by atoms with Gasteiger partial charge in [0.25, 0.3) is 5.91 Å². The molecular weight excluding hydrogens is 605 g/mol. The molecule has 238 valence electrons. The number of methoxy groups -OCH3 is 1. The number of benzene rings is 3. The lowest BCUT2D eigenvalue weighted by Crippen LogP contribution is -2.46. The molecule has 2 aliphatic rings. The summed E-state index contributed by atoms with van der Waals surface area (Å²) in [4.78, 5) is 34.9. The molecule has 0 atom stereocenters. The van der Waals surface area contributed by atoms with Crippen LogP contribution in [0.3, 0.4) is 0 Å². The fraction of sp³-hybridized carbons (Fsp3) is 0.314. The van der Waals surface area contributed by atoms with Crippen LogP contribution in [0.25, 0.3) is 10.9 Å². The number of carbonyl (C=O) groups is 2. The third-order valence-electron chi connectivity index (χ3n) is 8.53. The lowest BCUT2D eigenvalue weighted by Gasteiger charge is -2.36. The number of rotatable bonds is 8. The molecule has 0 bridgehead atoms. The number of fused-ring (bicyclic) bond motifs is 1. The van der Waals surface area contributed by atoms with E-state index >= 15 is 4.39 Å². The van der Waals surface area contributed by atoms with Crippen molar-refractivity contribution in [2.24, 2.45) is 0 Å². The molecule has 0 radical (unpaired) electrons. The first-order valence-corrected chi connectivity index (χ1v) is 15.9. The Kier molecular flexibility index (Phi) is 9.70. The van der Waals surface area contributed by atoms with Gasteiger partial charge in [-0.05, 0) is 80.8 Å². The first-order valence-electron chi connectivity index (χ1n) is 15.5. The maximum absolute atomic E-state index is 15.3. The SMILES string of the molecule is COc1cc2nccc(Oc3ccc(NC(=S)NC(=O)Cc4ccccc4)cc3F)c2cc1C(=O)N1CCC(N2CCCC2)CC1. The number of ether oxygens (including phenoxy) is 2. The fourth-order valence-corrected chi connectivity index (χ4v) is 6.41. The molecule has 11 heteroatoms. The lowest BCUT2D eigenvalue weighted by molar-refractivity contribution is -0.119. The van der Waals surface area contributed by atoms with Crippen LogP contribution < -0.4 is 20.1 Å². The molecule has 3 heterocycles. The van der Waals surface area contributed by atoms with E-state index in [0.717, 1.165) is 31.5 Å². The van der Waals surface area contributed by atoms with E-state index in [2.05, 4.69) is 20.5 Å². The second-order valence-electron chi connectivity index (χ2n) is 11.6. The number of likely N-dealkylation sites (tertiary alicyclic amines) is 2. The molecule has 0 unspecified atom stereocenters. The van der Waals surface area contributed by atoms with Gasteiger partial charge in [-0.15, -0.1) is 0 Å². The fourth-order valence-electron chi connectivity index (χ4n) is 6.18. The van der Waals surface area contributed by atoms with Crippen molar-refractivity contribution in [3.63, 3.8) is 0 Å². The van der Waals surface area contributed by atoms with Crippen molar-refractivity contribution in [2.75, 3.05) is 38.6 Å². The molecule has 3 aromatic carbocycles. The van der Waals surface area contributed by atoms with Gasteiger partial charge in [0, 0.05) is 48.5 Å². The van der Waals surface area contributed by atoms with Crippen LogP contribution in [0.15, 0.2) is 72.9 Å². The van der Waals surface area contributed by atoms with Gasteiger partial charge in [0.05, 0.1) is 24.6 Å². The third kappa shape index (κ3) is 7.27. The topological polar surface area (TPSA) is 96.0 Å². The highest BCUT2D eigenvalue weighted by Gasteiger charge is 2.30. The van der Waals surface area contributed by atoms with E-state index < -0.39 is 5.82 Å². The van der Waals surface area contributed by atoms with Crippen LogP contribution in [-0.2, 0) is 11.2 Å². The number of nitrogens with one attached hydrogen (secondary N) is 2. The van der Waals surface area contributed by atoms with E-state index in [1.165, 1.54) is 32.1 Å². The zero-order chi connectivity index (χ0) is 32.0. The summed E-state index contributed by atoms with van der Waals surface area (Å²) in [7, 11) is 1.53. The minimum atomic E-state index is -0.640. The number of carbonyl (C=O) groups excluding carboxylic acids is 2. The Hall–Kier alpha value is -4.61. The molecular formula is C35H36FN5O4S. The highest BCUT2D eigenvalue weighted by atomic mass is 32.1. The summed E-state index contributed by atoms with van der Waals surface area (Å²) in [5.74, 6) is -0.282. The van der Waals surface area contributed by atoms with E-state index in [4.69, 9.17) is 21.7 Å². The van der Waals surface area contributed by atoms with Crippen molar-refractivity contribution in [1.29, 1.82) is 0 Å². The van der Waals surface area contributed by atoms with Crippen molar-refractivity contribution < 1.29 is 23.5 Å². The highest BCUT2D eigenvalue weighted by molar-refractivity contribution is 7.80. The van der Waals surface area contributed by atoms with Gasteiger partial charge >= 0.3 is 0 Å². The van der Waals surface area contributed by atoms with Gasteiger partial charge in [-0.3, -0.25) is 14.6 Å². The van der Waals surface area contributed by atoms with Crippen LogP contribution in [0.4, 0.5) is 10.1 Å². The Morgan fingerprint density at radius 2 is 1.72 bits per heavy atom. The predicted molar refractivity (Wildman–Crippen MR) is 179 cm³/mol. The van der Waals surface area contributed by atoms with Crippen molar-refractivity contribution >= 4 is 45.7 Å². The largest absolute Gasteiger partial charge is 0.496 e. The number of halogens is 1. The first-order chi connectivity index (χ1) is 22.4. The second-order valence-corrected chi connectivity index (χ2v) is 12.0. The van der Waals surface area contributed by atoms with Gasteiger partial charge < -0.3 is 29.9 Å². The number of thiocarbonyl (C=S) groups is 1. The zero-order valence-corrected chi connectivity index (χ0v) is 26.4. The van der Waals surface area contributed by atoms with Crippen LogP contribution in [0, 0.1) is 5.82 Å². The predicted octanol–water partition coefficient (Wildman–Crippen LogP) is 5.93. The van der Waals surface area contributed by atoms with E-state index in [9.17, 15) is 9.59 Å². The molecule has 1 aromatic heterocycles. The molecule has 0 saturated carbocycles. The van der Waals surface area contributed by atoms with Crippen LogP contribution >= 0.6 is 12.2 Å². The Bertz CT molecular complexity index is 1740. The number of aromatic nitrogens is 1. The van der Waals surface area contributed by atoms with Crippen molar-refractivity contribution in [3.8, 4) is 17.2 Å². The number of piperidine rings is 1. The van der Waals surface area contributed by atoms with Crippen LogP contribution in [-0.4, -0.2) is 71.0 Å². The monoisotopic (exact) mass is 641 g/mol. The van der Waals surface area contributed by atoms with Crippen LogP contribution in [0.1, 0.15) is 41.6 Å².